The first-order valence-electron chi connectivity index (χ1n) is 8.27. The van der Waals surface area contributed by atoms with E-state index in [9.17, 15) is 4.79 Å². The smallest absolute Gasteiger partial charge is 0.226 e. The lowest BCUT2D eigenvalue weighted by Crippen LogP contribution is -2.33. The molecule has 2 aromatic rings. The molecule has 23 heavy (non-hydrogen) atoms. The maximum atomic E-state index is 12.0. The topological polar surface area (TPSA) is 58.4 Å². The number of carbonyl (C=O) groups is 1. The lowest BCUT2D eigenvalue weighted by molar-refractivity contribution is -0.120. The fourth-order valence-corrected chi connectivity index (χ4v) is 3.65. The standard InChI is InChI=1S/C17H23N3O2S/c21-16(18-6-4-9-20-7-2-1-3-8-20)11-15-13-23-17(19-15)14-5-10-22-12-14/h5,10,12-13H,1-4,6-9,11H2,(H,18,21). The van der Waals surface area contributed by atoms with Crippen LogP contribution in [0.15, 0.2) is 28.4 Å². The molecule has 2 aromatic heterocycles. The minimum absolute atomic E-state index is 0.0488. The van der Waals surface area contributed by atoms with E-state index < -0.39 is 0 Å². The number of furan rings is 1. The summed E-state index contributed by atoms with van der Waals surface area (Å²) in [6, 6.07) is 1.88. The van der Waals surface area contributed by atoms with Gasteiger partial charge in [0.15, 0.2) is 0 Å². The fraction of sp³-hybridized carbons (Fsp3) is 0.529. The van der Waals surface area contributed by atoms with Gasteiger partial charge in [-0.3, -0.25) is 4.79 Å². The highest BCUT2D eigenvalue weighted by atomic mass is 32.1. The van der Waals surface area contributed by atoms with E-state index in [0.717, 1.165) is 35.8 Å². The van der Waals surface area contributed by atoms with Crippen LogP contribution in [0.4, 0.5) is 0 Å². The highest BCUT2D eigenvalue weighted by Gasteiger charge is 2.11. The third-order valence-electron chi connectivity index (χ3n) is 4.08. The summed E-state index contributed by atoms with van der Waals surface area (Å²) in [5.41, 5.74) is 1.78. The number of nitrogens with one attached hydrogen (secondary N) is 1. The number of rotatable bonds is 7. The van der Waals surface area contributed by atoms with Gasteiger partial charge in [0.1, 0.15) is 11.3 Å². The Morgan fingerprint density at radius 3 is 3.00 bits per heavy atom. The zero-order chi connectivity index (χ0) is 15.9. The molecular formula is C17H23N3O2S. The quantitative estimate of drug-likeness (QED) is 0.792. The van der Waals surface area contributed by atoms with Gasteiger partial charge in [0, 0.05) is 17.5 Å². The molecular weight excluding hydrogens is 310 g/mol. The maximum absolute atomic E-state index is 12.0. The Bertz CT molecular complexity index is 603. The highest BCUT2D eigenvalue weighted by Crippen LogP contribution is 2.24. The number of piperidine rings is 1. The van der Waals surface area contributed by atoms with Gasteiger partial charge in [-0.25, -0.2) is 4.98 Å². The summed E-state index contributed by atoms with van der Waals surface area (Å²) < 4.78 is 5.06. The number of aromatic nitrogens is 1. The van der Waals surface area contributed by atoms with Crippen molar-refractivity contribution in [2.24, 2.45) is 0 Å². The largest absolute Gasteiger partial charge is 0.472 e. The van der Waals surface area contributed by atoms with Crippen molar-refractivity contribution < 1.29 is 9.21 Å². The molecule has 0 aromatic carbocycles. The summed E-state index contributed by atoms with van der Waals surface area (Å²) >= 11 is 1.54. The average molecular weight is 333 g/mol. The van der Waals surface area contributed by atoms with Crippen LogP contribution in [0.25, 0.3) is 10.6 Å². The van der Waals surface area contributed by atoms with Crippen molar-refractivity contribution in [2.75, 3.05) is 26.2 Å². The predicted octanol–water partition coefficient (Wildman–Crippen LogP) is 2.94. The molecule has 0 atom stereocenters. The summed E-state index contributed by atoms with van der Waals surface area (Å²) in [6.07, 6.45) is 8.65. The Labute approximate surface area is 140 Å². The van der Waals surface area contributed by atoms with Crippen LogP contribution in [0, 0.1) is 0 Å². The Kier molecular flexibility index (Phi) is 5.82. The molecule has 1 amide bonds. The number of hydrogen-bond donors (Lipinski definition) is 1. The summed E-state index contributed by atoms with van der Waals surface area (Å²) in [7, 11) is 0. The maximum Gasteiger partial charge on any atom is 0.226 e. The molecule has 1 aliphatic heterocycles. The van der Waals surface area contributed by atoms with E-state index in [1.807, 2.05) is 11.4 Å². The molecule has 1 fully saturated rings. The van der Waals surface area contributed by atoms with Gasteiger partial charge in [-0.05, 0) is 45.0 Å². The predicted molar refractivity (Wildman–Crippen MR) is 91.4 cm³/mol. The van der Waals surface area contributed by atoms with Crippen molar-refractivity contribution in [3.8, 4) is 10.6 Å². The van der Waals surface area contributed by atoms with E-state index in [0.29, 0.717) is 6.42 Å². The van der Waals surface area contributed by atoms with E-state index in [1.54, 1.807) is 12.5 Å². The second-order valence-electron chi connectivity index (χ2n) is 5.94. The van der Waals surface area contributed by atoms with Gasteiger partial charge in [0.2, 0.25) is 5.91 Å². The normalized spacial score (nSPS) is 15.7. The van der Waals surface area contributed by atoms with Crippen molar-refractivity contribution in [1.29, 1.82) is 0 Å². The van der Waals surface area contributed by atoms with Gasteiger partial charge in [-0.15, -0.1) is 11.3 Å². The van der Waals surface area contributed by atoms with Crippen molar-refractivity contribution in [3.63, 3.8) is 0 Å². The van der Waals surface area contributed by atoms with Gasteiger partial charge in [-0.1, -0.05) is 6.42 Å². The number of carbonyl (C=O) groups excluding carboxylic acids is 1. The second kappa shape index (κ2) is 8.26. The monoisotopic (exact) mass is 333 g/mol. The van der Waals surface area contributed by atoms with Crippen LogP contribution in [0.1, 0.15) is 31.4 Å². The van der Waals surface area contributed by atoms with Gasteiger partial charge >= 0.3 is 0 Å². The molecule has 5 nitrogen and oxygen atoms in total. The lowest BCUT2D eigenvalue weighted by Gasteiger charge is -2.26. The summed E-state index contributed by atoms with van der Waals surface area (Å²) in [5.74, 6) is 0.0488. The third-order valence-corrected chi connectivity index (χ3v) is 5.02. The summed E-state index contributed by atoms with van der Waals surface area (Å²) in [4.78, 5) is 19.0. The third kappa shape index (κ3) is 4.91. The van der Waals surface area contributed by atoms with Crippen LogP contribution in [0.2, 0.25) is 0 Å². The summed E-state index contributed by atoms with van der Waals surface area (Å²) in [5, 5.41) is 5.83. The average Bonchev–Trinajstić information content (AvgIpc) is 3.24. The molecule has 6 heteroatoms. The molecule has 0 bridgehead atoms. The van der Waals surface area contributed by atoms with E-state index in [1.165, 1.54) is 43.7 Å². The van der Waals surface area contributed by atoms with Crippen LogP contribution in [-0.4, -0.2) is 42.0 Å². The van der Waals surface area contributed by atoms with E-state index in [-0.39, 0.29) is 5.91 Å². The van der Waals surface area contributed by atoms with Crippen LogP contribution >= 0.6 is 11.3 Å². The fourth-order valence-electron chi connectivity index (χ4n) is 2.85. The van der Waals surface area contributed by atoms with Crippen molar-refractivity contribution >= 4 is 17.2 Å². The van der Waals surface area contributed by atoms with Gasteiger partial charge < -0.3 is 14.6 Å². The number of amides is 1. The van der Waals surface area contributed by atoms with Crippen LogP contribution in [0.5, 0.6) is 0 Å². The number of likely N-dealkylation sites (tertiary alicyclic amines) is 1. The van der Waals surface area contributed by atoms with Gasteiger partial charge in [0.25, 0.3) is 0 Å². The van der Waals surface area contributed by atoms with Crippen LogP contribution in [0.3, 0.4) is 0 Å². The molecule has 124 valence electrons. The molecule has 0 radical (unpaired) electrons. The zero-order valence-corrected chi connectivity index (χ0v) is 14.1. The molecule has 0 spiro atoms. The Morgan fingerprint density at radius 2 is 2.22 bits per heavy atom. The molecule has 1 aliphatic rings. The van der Waals surface area contributed by atoms with Crippen LogP contribution in [-0.2, 0) is 11.2 Å². The minimum Gasteiger partial charge on any atom is -0.472 e. The Balaban J connectivity index is 1.36. The first kappa shape index (κ1) is 16.2. The SMILES string of the molecule is O=C(Cc1csc(-c2ccoc2)n1)NCCCN1CCCCC1. The second-order valence-corrected chi connectivity index (χ2v) is 6.80. The Morgan fingerprint density at radius 1 is 1.35 bits per heavy atom. The first-order chi connectivity index (χ1) is 11.3. The van der Waals surface area contributed by atoms with Gasteiger partial charge in [-0.2, -0.15) is 0 Å². The van der Waals surface area contributed by atoms with Crippen molar-refractivity contribution in [2.45, 2.75) is 32.1 Å². The zero-order valence-electron chi connectivity index (χ0n) is 13.3. The molecule has 0 aliphatic carbocycles. The number of nitrogens with zero attached hydrogens (tertiary/aromatic N) is 2. The lowest BCUT2D eigenvalue weighted by atomic mass is 10.1. The van der Waals surface area contributed by atoms with E-state index in [2.05, 4.69) is 15.2 Å². The van der Waals surface area contributed by atoms with Crippen molar-refractivity contribution in [3.05, 3.63) is 29.7 Å². The number of thiazole rings is 1. The number of hydrogen-bond acceptors (Lipinski definition) is 5. The molecule has 1 saturated heterocycles. The minimum atomic E-state index is 0.0488. The van der Waals surface area contributed by atoms with E-state index in [4.69, 9.17) is 4.42 Å². The first-order valence-corrected chi connectivity index (χ1v) is 9.15. The van der Waals surface area contributed by atoms with Crippen molar-refractivity contribution in [1.82, 2.24) is 15.2 Å². The highest BCUT2D eigenvalue weighted by molar-refractivity contribution is 7.13. The molecule has 3 heterocycles. The molecule has 1 N–H and O–H groups in total. The molecule has 0 saturated carbocycles. The van der Waals surface area contributed by atoms with Gasteiger partial charge in [0.05, 0.1) is 18.4 Å². The summed E-state index contributed by atoms with van der Waals surface area (Å²) in [6.45, 7) is 4.25. The molecule has 3 rings (SSSR count). The van der Waals surface area contributed by atoms with E-state index >= 15 is 0 Å². The Hall–Kier alpha value is -1.66. The molecule has 0 unspecified atom stereocenters. The van der Waals surface area contributed by atoms with Crippen LogP contribution < -0.4 is 5.32 Å².